The van der Waals surface area contributed by atoms with Gasteiger partial charge in [-0.05, 0) is 30.7 Å². The minimum absolute atomic E-state index is 0.399. The molecule has 0 amide bonds. The lowest BCUT2D eigenvalue weighted by Crippen LogP contribution is -2.28. The van der Waals surface area contributed by atoms with Crippen molar-refractivity contribution in [1.82, 2.24) is 5.32 Å². The van der Waals surface area contributed by atoms with Crippen molar-refractivity contribution in [2.75, 3.05) is 19.7 Å². The van der Waals surface area contributed by atoms with Crippen LogP contribution in [0.2, 0.25) is 0 Å². The zero-order chi connectivity index (χ0) is 12.5. The highest BCUT2D eigenvalue weighted by Crippen LogP contribution is 2.12. The molecule has 0 aliphatic heterocycles. The van der Waals surface area contributed by atoms with Gasteiger partial charge in [-0.3, -0.25) is 5.41 Å². The zero-order valence-electron chi connectivity index (χ0n) is 10.3. The Kier molecular flexibility index (Phi) is 6.10. The first-order valence-electron chi connectivity index (χ1n) is 6.03. The lowest BCUT2D eigenvalue weighted by Gasteiger charge is -2.08. The summed E-state index contributed by atoms with van der Waals surface area (Å²) in [7, 11) is 0. The summed E-state index contributed by atoms with van der Waals surface area (Å²) >= 11 is 0. The average Bonchev–Trinajstić information content (AvgIpc) is 2.37. The maximum absolute atomic E-state index is 7.76. The fourth-order valence-electron chi connectivity index (χ4n) is 1.35. The maximum Gasteiger partial charge on any atom is 0.125 e. The van der Waals surface area contributed by atoms with Crippen LogP contribution >= 0.6 is 0 Å². The number of unbranched alkanes of at least 4 members (excludes halogenated alkanes) is 1. The Morgan fingerprint density at radius 3 is 2.65 bits per heavy atom. The smallest absolute Gasteiger partial charge is 0.125 e. The van der Waals surface area contributed by atoms with Crippen molar-refractivity contribution >= 4 is 5.84 Å². The average molecular weight is 235 g/mol. The minimum atomic E-state index is 0.399. The van der Waals surface area contributed by atoms with Gasteiger partial charge < -0.3 is 15.8 Å². The second-order valence-electron chi connectivity index (χ2n) is 3.82. The van der Waals surface area contributed by atoms with Gasteiger partial charge >= 0.3 is 0 Å². The minimum Gasteiger partial charge on any atom is -0.494 e. The first-order valence-corrected chi connectivity index (χ1v) is 6.03. The van der Waals surface area contributed by atoms with Gasteiger partial charge in [0.25, 0.3) is 0 Å². The van der Waals surface area contributed by atoms with Crippen molar-refractivity contribution in [3.8, 4) is 5.75 Å². The third-order valence-corrected chi connectivity index (χ3v) is 2.36. The van der Waals surface area contributed by atoms with Crippen LogP contribution in [0.3, 0.4) is 0 Å². The van der Waals surface area contributed by atoms with Gasteiger partial charge in [0.1, 0.15) is 11.6 Å². The molecule has 0 radical (unpaired) electrons. The molecule has 4 N–H and O–H groups in total. The van der Waals surface area contributed by atoms with Crippen LogP contribution in [0.5, 0.6) is 5.75 Å². The van der Waals surface area contributed by atoms with E-state index >= 15 is 0 Å². The van der Waals surface area contributed by atoms with Crippen LogP contribution < -0.4 is 15.8 Å². The highest BCUT2D eigenvalue weighted by atomic mass is 16.5. The quantitative estimate of drug-likeness (QED) is 0.383. The van der Waals surface area contributed by atoms with Gasteiger partial charge in [-0.2, -0.15) is 0 Å². The lowest BCUT2D eigenvalue weighted by molar-refractivity contribution is 0.309. The predicted molar refractivity (Wildman–Crippen MR) is 70.7 cm³/mol. The first kappa shape index (κ1) is 13.5. The SMILES string of the molecule is CCCCOc1ccc(C(=N)NCCN)cc1. The van der Waals surface area contributed by atoms with Gasteiger partial charge in [0.2, 0.25) is 0 Å². The molecule has 0 aromatic heterocycles. The molecule has 0 fully saturated rings. The van der Waals surface area contributed by atoms with E-state index in [-0.39, 0.29) is 0 Å². The third kappa shape index (κ3) is 4.87. The predicted octanol–water partition coefficient (Wildman–Crippen LogP) is 1.74. The van der Waals surface area contributed by atoms with Crippen LogP contribution in [0, 0.1) is 5.41 Å². The second-order valence-corrected chi connectivity index (χ2v) is 3.82. The van der Waals surface area contributed by atoms with Crippen molar-refractivity contribution in [3.05, 3.63) is 29.8 Å². The Bertz CT molecular complexity index is 335. The topological polar surface area (TPSA) is 71.1 Å². The summed E-state index contributed by atoms with van der Waals surface area (Å²) in [4.78, 5) is 0. The van der Waals surface area contributed by atoms with Crippen molar-refractivity contribution in [2.24, 2.45) is 5.73 Å². The molecule has 0 saturated heterocycles. The van der Waals surface area contributed by atoms with Crippen LogP contribution in [0.15, 0.2) is 24.3 Å². The van der Waals surface area contributed by atoms with E-state index in [0.717, 1.165) is 30.8 Å². The van der Waals surface area contributed by atoms with Crippen molar-refractivity contribution in [1.29, 1.82) is 5.41 Å². The summed E-state index contributed by atoms with van der Waals surface area (Å²) < 4.78 is 5.55. The van der Waals surface area contributed by atoms with Crippen LogP contribution in [-0.4, -0.2) is 25.5 Å². The van der Waals surface area contributed by atoms with Crippen LogP contribution in [0.1, 0.15) is 25.3 Å². The molecular formula is C13H21N3O. The summed E-state index contributed by atoms with van der Waals surface area (Å²) in [5, 5.41) is 10.7. The summed E-state index contributed by atoms with van der Waals surface area (Å²) in [6.45, 7) is 4.03. The Labute approximate surface area is 103 Å². The normalized spacial score (nSPS) is 10.0. The molecule has 4 nitrogen and oxygen atoms in total. The van der Waals surface area contributed by atoms with Crippen molar-refractivity contribution in [3.63, 3.8) is 0 Å². The molecule has 1 rings (SSSR count). The monoisotopic (exact) mass is 235 g/mol. The molecule has 0 unspecified atom stereocenters. The van der Waals surface area contributed by atoms with Crippen molar-refractivity contribution in [2.45, 2.75) is 19.8 Å². The Morgan fingerprint density at radius 2 is 2.06 bits per heavy atom. The molecule has 0 saturated carbocycles. The van der Waals surface area contributed by atoms with E-state index in [4.69, 9.17) is 15.9 Å². The van der Waals surface area contributed by atoms with Crippen LogP contribution in [0.4, 0.5) is 0 Å². The van der Waals surface area contributed by atoms with Crippen LogP contribution in [-0.2, 0) is 0 Å². The molecule has 0 atom stereocenters. The van der Waals surface area contributed by atoms with E-state index < -0.39 is 0 Å². The van der Waals surface area contributed by atoms with E-state index in [1.165, 1.54) is 0 Å². The maximum atomic E-state index is 7.76. The number of ether oxygens (including phenoxy) is 1. The molecule has 4 heteroatoms. The van der Waals surface area contributed by atoms with Crippen molar-refractivity contribution < 1.29 is 4.74 Å². The van der Waals surface area contributed by atoms with Crippen LogP contribution in [0.25, 0.3) is 0 Å². The summed E-state index contributed by atoms with van der Waals surface area (Å²) in [6.07, 6.45) is 2.20. The highest BCUT2D eigenvalue weighted by molar-refractivity contribution is 5.96. The fraction of sp³-hybridized carbons (Fsp3) is 0.462. The van der Waals surface area contributed by atoms with Gasteiger partial charge in [0.15, 0.2) is 0 Å². The molecule has 0 bridgehead atoms. The lowest BCUT2D eigenvalue weighted by atomic mass is 10.2. The number of hydrogen-bond acceptors (Lipinski definition) is 3. The molecule has 17 heavy (non-hydrogen) atoms. The van der Waals surface area contributed by atoms with Gasteiger partial charge in [0.05, 0.1) is 6.61 Å². The Morgan fingerprint density at radius 1 is 1.35 bits per heavy atom. The highest BCUT2D eigenvalue weighted by Gasteiger charge is 2.00. The molecule has 0 aliphatic rings. The number of nitrogens with one attached hydrogen (secondary N) is 2. The number of hydrogen-bond donors (Lipinski definition) is 3. The molecule has 0 spiro atoms. The first-order chi connectivity index (χ1) is 8.27. The standard InChI is InChI=1S/C13H21N3O/c1-2-3-10-17-12-6-4-11(5-7-12)13(15)16-9-8-14/h4-7H,2-3,8-10,14H2,1H3,(H2,15,16). The molecule has 0 aliphatic carbocycles. The summed E-state index contributed by atoms with van der Waals surface area (Å²) in [6, 6.07) is 7.55. The molecule has 94 valence electrons. The van der Waals surface area contributed by atoms with E-state index in [2.05, 4.69) is 12.2 Å². The van der Waals surface area contributed by atoms with E-state index in [0.29, 0.717) is 18.9 Å². The molecule has 1 aromatic carbocycles. The zero-order valence-corrected chi connectivity index (χ0v) is 10.3. The molecular weight excluding hydrogens is 214 g/mol. The fourth-order valence-corrected chi connectivity index (χ4v) is 1.35. The van der Waals surface area contributed by atoms with Gasteiger partial charge in [-0.1, -0.05) is 13.3 Å². The number of rotatable bonds is 7. The number of benzene rings is 1. The number of amidine groups is 1. The second kappa shape index (κ2) is 7.68. The Balaban J connectivity index is 2.46. The van der Waals surface area contributed by atoms with E-state index in [1.54, 1.807) is 0 Å². The number of nitrogens with two attached hydrogens (primary N) is 1. The van der Waals surface area contributed by atoms with E-state index in [9.17, 15) is 0 Å². The van der Waals surface area contributed by atoms with Gasteiger partial charge in [0, 0.05) is 18.7 Å². The largest absolute Gasteiger partial charge is 0.494 e. The van der Waals surface area contributed by atoms with Gasteiger partial charge in [-0.25, -0.2) is 0 Å². The van der Waals surface area contributed by atoms with E-state index in [1.807, 2.05) is 24.3 Å². The molecule has 1 aromatic rings. The summed E-state index contributed by atoms with van der Waals surface area (Å²) in [5.41, 5.74) is 6.22. The third-order valence-electron chi connectivity index (χ3n) is 2.36. The molecule has 0 heterocycles. The van der Waals surface area contributed by atoms with Gasteiger partial charge in [-0.15, -0.1) is 0 Å². The summed E-state index contributed by atoms with van der Waals surface area (Å²) in [5.74, 6) is 1.25. The Hall–Kier alpha value is -1.55.